The Morgan fingerprint density at radius 2 is 1.86 bits per heavy atom. The fraction of sp³-hybridized carbons (Fsp3) is 0.217. The first-order chi connectivity index (χ1) is 13.6. The molecule has 1 heterocycles. The highest BCUT2D eigenvalue weighted by Gasteiger charge is 2.08. The zero-order chi connectivity index (χ0) is 19.9. The largest absolute Gasteiger partial charge is 0.497 e. The van der Waals surface area contributed by atoms with E-state index in [2.05, 4.69) is 35.5 Å². The van der Waals surface area contributed by atoms with Gasteiger partial charge in [0.2, 0.25) is 0 Å². The molecule has 2 aromatic carbocycles. The van der Waals surface area contributed by atoms with Crippen LogP contribution in [-0.4, -0.2) is 24.5 Å². The number of nitrogens with zero attached hydrogens (tertiary/aromatic N) is 1. The lowest BCUT2D eigenvalue weighted by molar-refractivity contribution is 0.0954. The van der Waals surface area contributed by atoms with Crippen LogP contribution >= 0.6 is 0 Å². The average molecular weight is 375 g/mol. The van der Waals surface area contributed by atoms with Crippen molar-refractivity contribution >= 4 is 17.4 Å². The molecule has 0 aliphatic carbocycles. The minimum absolute atomic E-state index is 0.111. The molecule has 144 valence electrons. The summed E-state index contributed by atoms with van der Waals surface area (Å²) in [4.78, 5) is 16.8. The summed E-state index contributed by atoms with van der Waals surface area (Å²) in [5.74, 6) is 1.37. The molecular formula is C23H25N3O2. The van der Waals surface area contributed by atoms with E-state index in [9.17, 15) is 4.79 Å². The molecule has 0 spiro atoms. The van der Waals surface area contributed by atoms with Crippen LogP contribution < -0.4 is 15.4 Å². The molecule has 5 nitrogen and oxygen atoms in total. The van der Waals surface area contributed by atoms with E-state index in [1.807, 2.05) is 36.4 Å². The summed E-state index contributed by atoms with van der Waals surface area (Å²) < 4.78 is 5.16. The van der Waals surface area contributed by atoms with Gasteiger partial charge in [-0.15, -0.1) is 0 Å². The monoisotopic (exact) mass is 375 g/mol. The SMILES string of the molecule is COc1ccc(CCNC(=O)c2ccnc(Nc3cccc(C)c3C)c2)cc1. The second kappa shape index (κ2) is 9.04. The number of methoxy groups -OCH3 is 1. The number of hydrogen-bond donors (Lipinski definition) is 2. The molecule has 0 radical (unpaired) electrons. The zero-order valence-corrected chi connectivity index (χ0v) is 16.5. The number of carbonyl (C=O) groups excluding carboxylic acids is 1. The maximum Gasteiger partial charge on any atom is 0.251 e. The summed E-state index contributed by atoms with van der Waals surface area (Å²) in [6, 6.07) is 17.4. The third-order valence-electron chi connectivity index (χ3n) is 4.75. The number of amides is 1. The number of ether oxygens (including phenoxy) is 1. The molecule has 0 bridgehead atoms. The molecule has 1 amide bonds. The number of pyridine rings is 1. The van der Waals surface area contributed by atoms with Crippen LogP contribution in [0, 0.1) is 13.8 Å². The van der Waals surface area contributed by atoms with Crippen LogP contribution in [-0.2, 0) is 6.42 Å². The Morgan fingerprint density at radius 3 is 2.61 bits per heavy atom. The smallest absolute Gasteiger partial charge is 0.251 e. The molecule has 0 aliphatic heterocycles. The lowest BCUT2D eigenvalue weighted by atomic mass is 10.1. The number of hydrogen-bond acceptors (Lipinski definition) is 4. The molecule has 3 aromatic rings. The Hall–Kier alpha value is -3.34. The first-order valence-electron chi connectivity index (χ1n) is 9.27. The van der Waals surface area contributed by atoms with Crippen LogP contribution in [0.5, 0.6) is 5.75 Å². The number of aromatic nitrogens is 1. The normalized spacial score (nSPS) is 10.4. The molecule has 0 unspecified atom stereocenters. The van der Waals surface area contributed by atoms with Gasteiger partial charge in [-0.1, -0.05) is 24.3 Å². The maximum absolute atomic E-state index is 12.5. The molecule has 28 heavy (non-hydrogen) atoms. The van der Waals surface area contributed by atoms with Crippen LogP contribution in [0.2, 0.25) is 0 Å². The van der Waals surface area contributed by atoms with Gasteiger partial charge < -0.3 is 15.4 Å². The molecule has 0 saturated heterocycles. The number of nitrogens with one attached hydrogen (secondary N) is 2. The van der Waals surface area contributed by atoms with E-state index < -0.39 is 0 Å². The Balaban J connectivity index is 1.59. The van der Waals surface area contributed by atoms with Gasteiger partial charge in [0.1, 0.15) is 11.6 Å². The van der Waals surface area contributed by atoms with E-state index >= 15 is 0 Å². The quantitative estimate of drug-likeness (QED) is 0.641. The zero-order valence-electron chi connectivity index (χ0n) is 16.5. The summed E-state index contributed by atoms with van der Waals surface area (Å²) in [7, 11) is 1.65. The van der Waals surface area contributed by atoms with Crippen molar-refractivity contribution in [2.24, 2.45) is 0 Å². The molecule has 0 aliphatic rings. The van der Waals surface area contributed by atoms with E-state index in [-0.39, 0.29) is 5.91 Å². The number of aryl methyl sites for hydroxylation is 1. The van der Waals surface area contributed by atoms with Gasteiger partial charge in [-0.05, 0) is 67.3 Å². The Morgan fingerprint density at radius 1 is 1.07 bits per heavy atom. The van der Waals surface area contributed by atoms with E-state index in [0.717, 1.165) is 23.4 Å². The number of anilines is 2. The number of carbonyl (C=O) groups is 1. The van der Waals surface area contributed by atoms with E-state index in [1.165, 1.54) is 11.1 Å². The van der Waals surface area contributed by atoms with Crippen molar-refractivity contribution in [1.29, 1.82) is 0 Å². The van der Waals surface area contributed by atoms with Gasteiger partial charge in [0.15, 0.2) is 0 Å². The van der Waals surface area contributed by atoms with Crippen LogP contribution in [0.25, 0.3) is 0 Å². The summed E-state index contributed by atoms with van der Waals surface area (Å²) in [5.41, 5.74) is 5.09. The number of benzene rings is 2. The highest BCUT2D eigenvalue weighted by Crippen LogP contribution is 2.22. The minimum atomic E-state index is -0.111. The molecule has 0 atom stereocenters. The predicted octanol–water partition coefficient (Wildman–Crippen LogP) is 4.42. The minimum Gasteiger partial charge on any atom is -0.497 e. The first-order valence-corrected chi connectivity index (χ1v) is 9.27. The van der Waals surface area contributed by atoms with Crippen molar-refractivity contribution in [2.75, 3.05) is 19.0 Å². The summed E-state index contributed by atoms with van der Waals surface area (Å²) in [6.07, 6.45) is 2.40. The van der Waals surface area contributed by atoms with Gasteiger partial charge in [0, 0.05) is 24.0 Å². The van der Waals surface area contributed by atoms with Crippen molar-refractivity contribution in [3.63, 3.8) is 0 Å². The molecule has 0 saturated carbocycles. The van der Waals surface area contributed by atoms with Crippen LogP contribution in [0.1, 0.15) is 27.0 Å². The van der Waals surface area contributed by atoms with Gasteiger partial charge in [-0.25, -0.2) is 4.98 Å². The highest BCUT2D eigenvalue weighted by atomic mass is 16.5. The van der Waals surface area contributed by atoms with Gasteiger partial charge in [-0.3, -0.25) is 4.79 Å². The summed E-state index contributed by atoms with van der Waals surface area (Å²) in [6.45, 7) is 4.70. The average Bonchev–Trinajstić information content (AvgIpc) is 2.72. The topological polar surface area (TPSA) is 63.2 Å². The number of rotatable bonds is 7. The lowest BCUT2D eigenvalue weighted by Crippen LogP contribution is -2.25. The fourth-order valence-corrected chi connectivity index (χ4v) is 2.88. The molecular weight excluding hydrogens is 350 g/mol. The van der Waals surface area contributed by atoms with Crippen LogP contribution in [0.4, 0.5) is 11.5 Å². The van der Waals surface area contributed by atoms with Crippen molar-refractivity contribution in [2.45, 2.75) is 20.3 Å². The van der Waals surface area contributed by atoms with E-state index in [1.54, 1.807) is 25.4 Å². The Kier molecular flexibility index (Phi) is 6.27. The van der Waals surface area contributed by atoms with Crippen molar-refractivity contribution in [3.05, 3.63) is 83.0 Å². The van der Waals surface area contributed by atoms with Crippen molar-refractivity contribution in [1.82, 2.24) is 10.3 Å². The summed E-state index contributed by atoms with van der Waals surface area (Å²) in [5, 5.41) is 6.26. The third kappa shape index (κ3) is 4.88. The van der Waals surface area contributed by atoms with E-state index in [4.69, 9.17) is 4.74 Å². The van der Waals surface area contributed by atoms with Crippen molar-refractivity contribution < 1.29 is 9.53 Å². The second-order valence-corrected chi connectivity index (χ2v) is 6.66. The molecule has 1 aromatic heterocycles. The lowest BCUT2D eigenvalue weighted by Gasteiger charge is -2.12. The summed E-state index contributed by atoms with van der Waals surface area (Å²) >= 11 is 0. The molecule has 3 rings (SSSR count). The highest BCUT2D eigenvalue weighted by molar-refractivity contribution is 5.94. The molecule has 2 N–H and O–H groups in total. The standard InChI is InChI=1S/C23H25N3O2/c1-16-5-4-6-21(17(16)2)26-22-15-19(12-14-24-22)23(27)25-13-11-18-7-9-20(28-3)10-8-18/h4-10,12,14-15H,11,13H2,1-3H3,(H,24,26)(H,25,27). The van der Waals surface area contributed by atoms with Gasteiger partial charge >= 0.3 is 0 Å². The third-order valence-corrected chi connectivity index (χ3v) is 4.75. The molecule has 0 fully saturated rings. The molecule has 5 heteroatoms. The van der Waals surface area contributed by atoms with E-state index in [0.29, 0.717) is 17.9 Å². The van der Waals surface area contributed by atoms with Crippen molar-refractivity contribution in [3.8, 4) is 5.75 Å². The Bertz CT molecular complexity index is 952. The van der Waals surface area contributed by atoms with Gasteiger partial charge in [0.25, 0.3) is 5.91 Å². The fourth-order valence-electron chi connectivity index (χ4n) is 2.88. The van der Waals surface area contributed by atoms with Crippen LogP contribution in [0.3, 0.4) is 0 Å². The van der Waals surface area contributed by atoms with Gasteiger partial charge in [-0.2, -0.15) is 0 Å². The maximum atomic E-state index is 12.5. The predicted molar refractivity (Wildman–Crippen MR) is 112 cm³/mol. The Labute approximate surface area is 165 Å². The van der Waals surface area contributed by atoms with Crippen LogP contribution in [0.15, 0.2) is 60.8 Å². The second-order valence-electron chi connectivity index (χ2n) is 6.66. The first kappa shape index (κ1) is 19.4. The van der Waals surface area contributed by atoms with Gasteiger partial charge in [0.05, 0.1) is 7.11 Å².